The number of carbonyl (C=O) groups is 2. The topological polar surface area (TPSA) is 59.1 Å². The molecule has 146 valence electrons. The lowest BCUT2D eigenvalue weighted by Gasteiger charge is -2.35. The highest BCUT2D eigenvalue weighted by molar-refractivity contribution is 5.68. The van der Waals surface area contributed by atoms with Crippen molar-refractivity contribution in [2.24, 2.45) is 0 Å². The van der Waals surface area contributed by atoms with Gasteiger partial charge in [-0.1, -0.05) is 30.3 Å². The maximum atomic E-state index is 11.8. The van der Waals surface area contributed by atoms with Crippen molar-refractivity contribution in [3.8, 4) is 0 Å². The number of amides is 1. The third kappa shape index (κ3) is 9.53. The Labute approximate surface area is 157 Å². The van der Waals surface area contributed by atoms with Crippen LogP contribution in [0, 0.1) is 0 Å². The molecule has 0 aromatic heterocycles. The molecule has 1 aliphatic heterocycles. The highest BCUT2D eigenvalue weighted by Crippen LogP contribution is 2.11. The monoisotopic (exact) mass is 364 g/mol. The molecule has 0 spiro atoms. The molecule has 6 nitrogen and oxygen atoms in total. The molecule has 0 unspecified atom stereocenters. The summed E-state index contributed by atoms with van der Waals surface area (Å²) in [5.41, 5.74) is 0.783. The van der Waals surface area contributed by atoms with Crippen LogP contribution < -0.4 is 0 Å². The molecule has 0 saturated carbocycles. The predicted molar refractivity (Wildman–Crippen MR) is 102 cm³/mol. The van der Waals surface area contributed by atoms with Gasteiger partial charge >= 0.3 is 6.09 Å². The largest absolute Gasteiger partial charge is 0.444 e. The van der Waals surface area contributed by atoms with E-state index >= 15 is 0 Å². The molecular weight excluding hydrogens is 332 g/mol. The van der Waals surface area contributed by atoms with E-state index in [1.54, 1.807) is 12.0 Å². The van der Waals surface area contributed by atoms with Gasteiger partial charge < -0.3 is 19.2 Å². The third-order valence-electron chi connectivity index (χ3n) is 3.74. The fourth-order valence-electron chi connectivity index (χ4n) is 2.46. The molecule has 1 saturated heterocycles. The minimum absolute atomic E-state index is 0.243. The fraction of sp³-hybridized carbons (Fsp3) is 0.600. The quantitative estimate of drug-likeness (QED) is 0.752. The SMILES string of the molecule is CC(C)(C)OC(=O)N1CCN(CCC=O)CC1.COCc1ccccc1. The standard InChI is InChI=1S/C12H22N2O3.C8H10O/c1-12(2,3)17-11(16)14-8-6-13(7-9-14)5-4-10-15;1-9-7-8-5-3-2-4-6-8/h10H,4-9H2,1-3H3;2-6H,7H2,1H3. The number of carbonyl (C=O) groups excluding carboxylic acids is 2. The Kier molecular flexibility index (Phi) is 9.91. The van der Waals surface area contributed by atoms with E-state index in [4.69, 9.17) is 9.47 Å². The van der Waals surface area contributed by atoms with Gasteiger partial charge in [-0.2, -0.15) is 0 Å². The average molecular weight is 364 g/mol. The van der Waals surface area contributed by atoms with Gasteiger partial charge in [0.25, 0.3) is 0 Å². The van der Waals surface area contributed by atoms with Crippen LogP contribution in [0.5, 0.6) is 0 Å². The second kappa shape index (κ2) is 11.6. The maximum absolute atomic E-state index is 11.8. The molecule has 1 heterocycles. The summed E-state index contributed by atoms with van der Waals surface area (Å²) in [6.45, 7) is 10.1. The number of rotatable bonds is 5. The average Bonchev–Trinajstić information content (AvgIpc) is 2.61. The van der Waals surface area contributed by atoms with Crippen LogP contribution in [0.1, 0.15) is 32.8 Å². The van der Waals surface area contributed by atoms with Crippen molar-refractivity contribution in [2.45, 2.75) is 39.4 Å². The van der Waals surface area contributed by atoms with Crippen molar-refractivity contribution >= 4 is 12.4 Å². The molecular formula is C20H32N2O4. The van der Waals surface area contributed by atoms with Crippen LogP contribution in [0.15, 0.2) is 30.3 Å². The Hall–Kier alpha value is -1.92. The van der Waals surface area contributed by atoms with Crippen LogP contribution in [-0.2, 0) is 20.9 Å². The van der Waals surface area contributed by atoms with Crippen molar-refractivity contribution in [1.29, 1.82) is 0 Å². The van der Waals surface area contributed by atoms with Gasteiger partial charge in [0.05, 0.1) is 6.61 Å². The molecule has 26 heavy (non-hydrogen) atoms. The molecule has 6 heteroatoms. The number of piperazine rings is 1. The zero-order valence-electron chi connectivity index (χ0n) is 16.4. The molecule has 0 radical (unpaired) electrons. The maximum Gasteiger partial charge on any atom is 0.410 e. The number of nitrogens with zero attached hydrogens (tertiary/aromatic N) is 2. The first kappa shape index (κ1) is 22.1. The van der Waals surface area contributed by atoms with Crippen LogP contribution in [0.4, 0.5) is 4.79 Å². The molecule has 0 aliphatic carbocycles. The Morgan fingerprint density at radius 3 is 2.23 bits per heavy atom. The third-order valence-corrected chi connectivity index (χ3v) is 3.74. The van der Waals surface area contributed by atoms with Gasteiger partial charge in [0.2, 0.25) is 0 Å². The van der Waals surface area contributed by atoms with E-state index in [2.05, 4.69) is 4.90 Å². The summed E-state index contributed by atoms with van der Waals surface area (Å²) in [6, 6.07) is 10.1. The van der Waals surface area contributed by atoms with Gasteiger partial charge in [0, 0.05) is 46.3 Å². The first-order chi connectivity index (χ1) is 12.4. The fourth-order valence-corrected chi connectivity index (χ4v) is 2.46. The molecule has 1 amide bonds. The number of aldehydes is 1. The molecule has 1 aliphatic rings. The Balaban J connectivity index is 0.000000314. The lowest BCUT2D eigenvalue weighted by Crippen LogP contribution is -2.50. The summed E-state index contributed by atoms with van der Waals surface area (Å²) in [5, 5.41) is 0. The van der Waals surface area contributed by atoms with Gasteiger partial charge in [0.1, 0.15) is 11.9 Å². The van der Waals surface area contributed by atoms with Gasteiger partial charge in [-0.15, -0.1) is 0 Å². The van der Waals surface area contributed by atoms with E-state index in [-0.39, 0.29) is 6.09 Å². The van der Waals surface area contributed by atoms with Crippen molar-refractivity contribution < 1.29 is 19.1 Å². The summed E-state index contributed by atoms with van der Waals surface area (Å²) in [7, 11) is 1.70. The lowest BCUT2D eigenvalue weighted by molar-refractivity contribution is -0.108. The Bertz CT molecular complexity index is 520. The first-order valence-corrected chi connectivity index (χ1v) is 9.02. The van der Waals surface area contributed by atoms with Crippen LogP contribution >= 0.6 is 0 Å². The van der Waals surface area contributed by atoms with E-state index in [1.165, 1.54) is 5.56 Å². The van der Waals surface area contributed by atoms with E-state index in [0.29, 0.717) is 26.1 Å². The summed E-state index contributed by atoms with van der Waals surface area (Å²) in [4.78, 5) is 25.9. The van der Waals surface area contributed by atoms with Crippen LogP contribution in [-0.4, -0.2) is 67.6 Å². The van der Waals surface area contributed by atoms with Crippen molar-refractivity contribution in [1.82, 2.24) is 9.80 Å². The normalized spacial score (nSPS) is 15.0. The molecule has 0 bridgehead atoms. The van der Waals surface area contributed by atoms with Gasteiger partial charge in [-0.25, -0.2) is 4.79 Å². The van der Waals surface area contributed by atoms with E-state index in [1.807, 2.05) is 51.1 Å². The summed E-state index contributed by atoms with van der Waals surface area (Å²) in [6.07, 6.45) is 1.25. The minimum atomic E-state index is -0.439. The highest BCUT2D eigenvalue weighted by Gasteiger charge is 2.25. The van der Waals surface area contributed by atoms with E-state index < -0.39 is 5.60 Å². The molecule has 0 atom stereocenters. The van der Waals surface area contributed by atoms with Crippen LogP contribution in [0.3, 0.4) is 0 Å². The number of methoxy groups -OCH3 is 1. The Morgan fingerprint density at radius 2 is 1.73 bits per heavy atom. The second-order valence-electron chi connectivity index (χ2n) is 7.18. The summed E-state index contributed by atoms with van der Waals surface area (Å²) < 4.78 is 10.2. The lowest BCUT2D eigenvalue weighted by atomic mass is 10.2. The summed E-state index contributed by atoms with van der Waals surface area (Å²) >= 11 is 0. The van der Waals surface area contributed by atoms with E-state index in [0.717, 1.165) is 25.9 Å². The van der Waals surface area contributed by atoms with Gasteiger partial charge in [0.15, 0.2) is 0 Å². The van der Waals surface area contributed by atoms with Crippen molar-refractivity contribution in [3.63, 3.8) is 0 Å². The number of hydrogen-bond acceptors (Lipinski definition) is 5. The zero-order valence-corrected chi connectivity index (χ0v) is 16.4. The molecule has 2 rings (SSSR count). The van der Waals surface area contributed by atoms with Gasteiger partial charge in [-0.05, 0) is 26.3 Å². The molecule has 0 N–H and O–H groups in total. The van der Waals surface area contributed by atoms with Gasteiger partial charge in [-0.3, -0.25) is 4.90 Å². The first-order valence-electron chi connectivity index (χ1n) is 9.02. The number of ether oxygens (including phenoxy) is 2. The zero-order chi connectivity index (χ0) is 19.4. The molecule has 1 aromatic carbocycles. The van der Waals surface area contributed by atoms with Crippen molar-refractivity contribution in [3.05, 3.63) is 35.9 Å². The minimum Gasteiger partial charge on any atom is -0.444 e. The predicted octanol–water partition coefficient (Wildman–Crippen LogP) is 2.96. The number of benzene rings is 1. The van der Waals surface area contributed by atoms with Crippen molar-refractivity contribution in [2.75, 3.05) is 39.8 Å². The van der Waals surface area contributed by atoms with Crippen LogP contribution in [0.25, 0.3) is 0 Å². The van der Waals surface area contributed by atoms with E-state index in [9.17, 15) is 9.59 Å². The molecule has 1 fully saturated rings. The Morgan fingerprint density at radius 1 is 1.12 bits per heavy atom. The number of hydrogen-bond donors (Lipinski definition) is 0. The highest BCUT2D eigenvalue weighted by atomic mass is 16.6. The van der Waals surface area contributed by atoms with Crippen LogP contribution in [0.2, 0.25) is 0 Å². The second-order valence-corrected chi connectivity index (χ2v) is 7.18. The summed E-state index contributed by atoms with van der Waals surface area (Å²) in [5.74, 6) is 0. The smallest absolute Gasteiger partial charge is 0.410 e. The molecule has 1 aromatic rings.